The maximum Gasteiger partial charge on any atom is 0.223 e. The molecule has 3 heteroatoms. The Labute approximate surface area is 111 Å². The van der Waals surface area contributed by atoms with E-state index in [0.717, 1.165) is 38.5 Å². The van der Waals surface area contributed by atoms with Crippen LogP contribution in [0.4, 0.5) is 0 Å². The van der Waals surface area contributed by atoms with Crippen molar-refractivity contribution in [3.8, 4) is 0 Å². The molecule has 1 aliphatic rings. The zero-order chi connectivity index (χ0) is 13.4. The van der Waals surface area contributed by atoms with Crippen molar-refractivity contribution >= 4 is 5.91 Å². The minimum absolute atomic E-state index is 0.0291. The van der Waals surface area contributed by atoms with Gasteiger partial charge in [0.1, 0.15) is 0 Å². The van der Waals surface area contributed by atoms with E-state index in [0.29, 0.717) is 6.54 Å². The number of rotatable bonds is 8. The number of carbonyl (C=O) groups is 1. The molecule has 0 aromatic rings. The topological polar surface area (TPSA) is 49.3 Å². The first-order valence-electron chi connectivity index (χ1n) is 7.56. The summed E-state index contributed by atoms with van der Waals surface area (Å²) in [6.45, 7) is 5.10. The average Bonchev–Trinajstić information content (AvgIpc) is 2.87. The normalized spacial score (nSPS) is 19.7. The summed E-state index contributed by atoms with van der Waals surface area (Å²) in [6.07, 6.45) is 8.64. The molecule has 0 bridgehead atoms. The van der Waals surface area contributed by atoms with Crippen molar-refractivity contribution in [3.63, 3.8) is 0 Å². The van der Waals surface area contributed by atoms with E-state index in [1.54, 1.807) is 0 Å². The van der Waals surface area contributed by atoms with Crippen LogP contribution in [0.3, 0.4) is 0 Å². The molecular formula is C15H29NO2. The molecule has 18 heavy (non-hydrogen) atoms. The number of hydrogen-bond donors (Lipinski definition) is 2. The molecule has 3 nitrogen and oxygen atoms in total. The maximum absolute atomic E-state index is 12.1. The molecule has 0 spiro atoms. The van der Waals surface area contributed by atoms with Crippen molar-refractivity contribution in [2.45, 2.75) is 65.2 Å². The highest BCUT2D eigenvalue weighted by molar-refractivity contribution is 5.78. The summed E-state index contributed by atoms with van der Waals surface area (Å²) >= 11 is 0. The minimum Gasteiger partial charge on any atom is -0.396 e. The number of aliphatic hydroxyl groups is 1. The van der Waals surface area contributed by atoms with Gasteiger partial charge in [-0.15, -0.1) is 0 Å². The van der Waals surface area contributed by atoms with Crippen molar-refractivity contribution < 1.29 is 9.90 Å². The third-order valence-corrected chi connectivity index (χ3v) is 4.41. The van der Waals surface area contributed by atoms with Crippen molar-refractivity contribution in [1.29, 1.82) is 0 Å². The first-order chi connectivity index (χ1) is 8.67. The predicted octanol–water partition coefficient (Wildman–Crippen LogP) is 2.87. The standard InChI is InChI=1S/C15H29NO2/c1-3-5-8-13(4-2)14(18)16-11-15(12-17)9-6-7-10-15/h13,17H,3-12H2,1-2H3,(H,16,18). The highest BCUT2D eigenvalue weighted by atomic mass is 16.3. The van der Waals surface area contributed by atoms with Gasteiger partial charge in [-0.25, -0.2) is 0 Å². The molecule has 1 unspecified atom stereocenters. The zero-order valence-electron chi connectivity index (χ0n) is 12.0. The lowest BCUT2D eigenvalue weighted by Crippen LogP contribution is -2.40. The molecule has 1 amide bonds. The minimum atomic E-state index is -0.0291. The Bertz CT molecular complexity index is 247. The highest BCUT2D eigenvalue weighted by Gasteiger charge is 2.33. The molecule has 0 radical (unpaired) electrons. The fourth-order valence-corrected chi connectivity index (χ4v) is 2.91. The third-order valence-electron chi connectivity index (χ3n) is 4.41. The second kappa shape index (κ2) is 7.78. The Kier molecular flexibility index (Phi) is 6.69. The summed E-state index contributed by atoms with van der Waals surface area (Å²) in [6, 6.07) is 0. The Hall–Kier alpha value is -0.570. The molecule has 0 saturated heterocycles. The molecule has 1 fully saturated rings. The van der Waals surface area contributed by atoms with Crippen LogP contribution in [-0.4, -0.2) is 24.2 Å². The predicted molar refractivity (Wildman–Crippen MR) is 74.3 cm³/mol. The van der Waals surface area contributed by atoms with E-state index in [-0.39, 0.29) is 23.8 Å². The van der Waals surface area contributed by atoms with E-state index < -0.39 is 0 Å². The Balaban J connectivity index is 2.38. The van der Waals surface area contributed by atoms with Crippen LogP contribution in [0.1, 0.15) is 65.2 Å². The lowest BCUT2D eigenvalue weighted by Gasteiger charge is -2.27. The fourth-order valence-electron chi connectivity index (χ4n) is 2.91. The van der Waals surface area contributed by atoms with E-state index >= 15 is 0 Å². The van der Waals surface area contributed by atoms with E-state index in [4.69, 9.17) is 0 Å². The largest absolute Gasteiger partial charge is 0.396 e. The highest BCUT2D eigenvalue weighted by Crippen LogP contribution is 2.36. The zero-order valence-corrected chi connectivity index (χ0v) is 12.0. The molecule has 106 valence electrons. The van der Waals surface area contributed by atoms with Crippen LogP contribution in [0.15, 0.2) is 0 Å². The molecule has 0 aromatic heterocycles. The number of aliphatic hydroxyl groups excluding tert-OH is 1. The van der Waals surface area contributed by atoms with E-state index in [1.807, 2.05) is 0 Å². The maximum atomic E-state index is 12.1. The van der Waals surface area contributed by atoms with Gasteiger partial charge in [0.2, 0.25) is 5.91 Å². The van der Waals surface area contributed by atoms with Crippen LogP contribution in [0, 0.1) is 11.3 Å². The van der Waals surface area contributed by atoms with Crippen molar-refractivity contribution in [1.82, 2.24) is 5.32 Å². The monoisotopic (exact) mass is 255 g/mol. The number of unbranched alkanes of at least 4 members (excludes halogenated alkanes) is 1. The number of nitrogens with one attached hydrogen (secondary N) is 1. The van der Waals surface area contributed by atoms with Gasteiger partial charge in [0, 0.05) is 17.9 Å². The molecule has 0 heterocycles. The second-order valence-electron chi connectivity index (χ2n) is 5.83. The van der Waals surface area contributed by atoms with Crippen LogP contribution < -0.4 is 5.32 Å². The fraction of sp³-hybridized carbons (Fsp3) is 0.933. The van der Waals surface area contributed by atoms with E-state index in [2.05, 4.69) is 19.2 Å². The summed E-state index contributed by atoms with van der Waals surface area (Å²) < 4.78 is 0. The second-order valence-corrected chi connectivity index (χ2v) is 5.83. The van der Waals surface area contributed by atoms with Crippen molar-refractivity contribution in [2.24, 2.45) is 11.3 Å². The molecule has 1 atom stereocenters. The number of amides is 1. The van der Waals surface area contributed by atoms with E-state index in [9.17, 15) is 9.90 Å². The molecule has 1 rings (SSSR count). The molecule has 0 aromatic carbocycles. The molecule has 2 N–H and O–H groups in total. The van der Waals surface area contributed by atoms with Crippen LogP contribution in [-0.2, 0) is 4.79 Å². The van der Waals surface area contributed by atoms with Gasteiger partial charge in [-0.05, 0) is 25.7 Å². The van der Waals surface area contributed by atoms with Gasteiger partial charge in [0.05, 0.1) is 6.61 Å². The molecule has 1 aliphatic carbocycles. The Morgan fingerprint density at radius 3 is 2.50 bits per heavy atom. The average molecular weight is 255 g/mol. The van der Waals surface area contributed by atoms with Gasteiger partial charge in [0.15, 0.2) is 0 Å². The number of hydrogen-bond acceptors (Lipinski definition) is 2. The van der Waals surface area contributed by atoms with E-state index in [1.165, 1.54) is 12.8 Å². The van der Waals surface area contributed by atoms with Gasteiger partial charge < -0.3 is 10.4 Å². The lowest BCUT2D eigenvalue weighted by atomic mass is 9.87. The van der Waals surface area contributed by atoms with Gasteiger partial charge in [-0.3, -0.25) is 4.79 Å². The quantitative estimate of drug-likeness (QED) is 0.700. The summed E-state index contributed by atoms with van der Waals surface area (Å²) in [5.74, 6) is 0.341. The first kappa shape index (κ1) is 15.5. The summed E-state index contributed by atoms with van der Waals surface area (Å²) in [7, 11) is 0. The SMILES string of the molecule is CCCCC(CC)C(=O)NCC1(CO)CCCC1. The van der Waals surface area contributed by atoms with Crippen LogP contribution in [0.2, 0.25) is 0 Å². The molecule has 0 aliphatic heterocycles. The smallest absolute Gasteiger partial charge is 0.223 e. The first-order valence-corrected chi connectivity index (χ1v) is 7.56. The summed E-state index contributed by atoms with van der Waals surface area (Å²) in [5, 5.41) is 12.6. The van der Waals surface area contributed by atoms with Gasteiger partial charge >= 0.3 is 0 Å². The van der Waals surface area contributed by atoms with Crippen LogP contribution >= 0.6 is 0 Å². The summed E-state index contributed by atoms with van der Waals surface area (Å²) in [5.41, 5.74) is -0.0291. The van der Waals surface area contributed by atoms with Crippen molar-refractivity contribution in [3.05, 3.63) is 0 Å². The van der Waals surface area contributed by atoms with Crippen LogP contribution in [0.5, 0.6) is 0 Å². The molecular weight excluding hydrogens is 226 g/mol. The molecule has 1 saturated carbocycles. The Morgan fingerprint density at radius 1 is 1.33 bits per heavy atom. The Morgan fingerprint density at radius 2 is 2.00 bits per heavy atom. The van der Waals surface area contributed by atoms with Gasteiger partial charge in [0.25, 0.3) is 0 Å². The summed E-state index contributed by atoms with van der Waals surface area (Å²) in [4.78, 5) is 12.1. The van der Waals surface area contributed by atoms with Crippen LogP contribution in [0.25, 0.3) is 0 Å². The van der Waals surface area contributed by atoms with Gasteiger partial charge in [-0.2, -0.15) is 0 Å². The third kappa shape index (κ3) is 4.27. The van der Waals surface area contributed by atoms with Gasteiger partial charge in [-0.1, -0.05) is 39.5 Å². The lowest BCUT2D eigenvalue weighted by molar-refractivity contribution is -0.126. The number of carbonyl (C=O) groups excluding carboxylic acids is 1. The van der Waals surface area contributed by atoms with Crippen molar-refractivity contribution in [2.75, 3.05) is 13.2 Å².